The summed E-state index contributed by atoms with van der Waals surface area (Å²) in [6.07, 6.45) is 16.8. The van der Waals surface area contributed by atoms with Gasteiger partial charge in [-0.15, -0.1) is 0 Å². The van der Waals surface area contributed by atoms with Crippen LogP contribution in [0, 0.1) is 35.5 Å². The molecule has 2 saturated heterocycles. The van der Waals surface area contributed by atoms with Crippen LogP contribution in [0.25, 0.3) is 33.4 Å². The predicted molar refractivity (Wildman–Crippen MR) is 514 cm³/mol. The van der Waals surface area contributed by atoms with Crippen LogP contribution >= 0.6 is 0 Å². The molecule has 1 saturated carbocycles. The molecule has 3 aromatic heterocycles. The number of nitrogens with two attached hydrogens (primary N) is 2. The zero-order chi connectivity index (χ0) is 98.6. The molecule has 758 valence electrons. The molecule has 5 aromatic rings. The number of carbonyl (C=O) groups is 7. The van der Waals surface area contributed by atoms with Gasteiger partial charge in [-0.1, -0.05) is 96.2 Å². The Morgan fingerprint density at radius 3 is 2.07 bits per heavy atom. The van der Waals surface area contributed by atoms with Crippen LogP contribution in [0.5, 0.6) is 0 Å². The number of benzene rings is 2. The molecule has 5 aliphatic rings. The van der Waals surface area contributed by atoms with Gasteiger partial charge in [0.15, 0.2) is 17.0 Å². The van der Waals surface area contributed by atoms with E-state index in [1.54, 1.807) is 48.2 Å². The van der Waals surface area contributed by atoms with Crippen LogP contribution in [-0.4, -0.2) is 292 Å². The second-order valence-corrected chi connectivity index (χ2v) is 36.3. The third kappa shape index (κ3) is 35.3. The van der Waals surface area contributed by atoms with Crippen LogP contribution in [0.4, 0.5) is 11.8 Å². The zero-order valence-corrected chi connectivity index (χ0v) is 82.9. The van der Waals surface area contributed by atoms with E-state index in [9.17, 15) is 48.9 Å². The number of aliphatic hydroxyl groups is 3. The molecule has 0 spiro atoms. The largest absolute Gasteiger partial charge is 0.460 e. The number of hydrogen-bond donors (Lipinski definition) is 5. The van der Waals surface area contributed by atoms with Crippen LogP contribution in [-0.2, 0) is 119 Å². The second-order valence-electron chi connectivity index (χ2n) is 36.3. The maximum absolute atomic E-state index is 14.6. The highest BCUT2D eigenvalue weighted by atomic mass is 16.6. The van der Waals surface area contributed by atoms with Gasteiger partial charge in [0, 0.05) is 137 Å². The fourth-order valence-electron chi connectivity index (χ4n) is 17.9. The number of aromatic nitrogens is 5. The number of Topliss-reactive ketones (excluding diaryl/α,β-unsaturated/α-hetero) is 3. The Labute approximate surface area is 802 Å². The molecule has 34 heteroatoms. The van der Waals surface area contributed by atoms with Crippen LogP contribution in [0.15, 0.2) is 94.7 Å². The fraction of sp³-hybridized carbons (Fsp3) is 0.676. The van der Waals surface area contributed by atoms with Crippen LogP contribution in [0.3, 0.4) is 0 Å². The van der Waals surface area contributed by atoms with Crippen molar-refractivity contribution < 1.29 is 120 Å². The number of nitrogens with zero attached hydrogens (tertiary/aromatic N) is 7. The van der Waals surface area contributed by atoms with Gasteiger partial charge in [0.25, 0.3) is 17.7 Å². The summed E-state index contributed by atoms with van der Waals surface area (Å²) in [6.45, 7) is 29.3. The van der Waals surface area contributed by atoms with Crippen LogP contribution in [0.1, 0.15) is 208 Å². The summed E-state index contributed by atoms with van der Waals surface area (Å²) >= 11 is 0. The number of allylic oxidation sites excluding steroid dienone is 5. The molecular formula is C102H155N9O25. The maximum atomic E-state index is 14.6. The molecule has 0 radical (unpaired) electrons. The monoisotopic (exact) mass is 1910 g/mol. The van der Waals surface area contributed by atoms with Gasteiger partial charge < -0.3 is 107 Å². The quantitative estimate of drug-likeness (QED) is 0.0105. The molecule has 2 amide bonds. The smallest absolute Gasteiger partial charge is 0.329 e. The van der Waals surface area contributed by atoms with E-state index in [0.29, 0.717) is 241 Å². The Balaban J connectivity index is 0.000000294. The highest BCUT2D eigenvalue weighted by Crippen LogP contribution is 2.40. The molecule has 2 aromatic carbocycles. The summed E-state index contributed by atoms with van der Waals surface area (Å²) < 4.78 is 85.3. The van der Waals surface area contributed by atoms with Crippen LogP contribution < -0.4 is 11.5 Å². The number of ketones is 3. The van der Waals surface area contributed by atoms with Crippen molar-refractivity contribution in [1.29, 1.82) is 0 Å². The first kappa shape index (κ1) is 113. The van der Waals surface area contributed by atoms with Crippen molar-refractivity contribution in [2.24, 2.45) is 35.5 Å². The highest BCUT2D eigenvalue weighted by molar-refractivity contribution is 6.39. The normalized spacial score (nSPS) is 26.3. The number of aliphatic hydroxyl groups excluding tert-OH is 2. The third-order valence-corrected chi connectivity index (χ3v) is 25.8. The Morgan fingerprint density at radius 2 is 1.38 bits per heavy atom. The molecule has 136 heavy (non-hydrogen) atoms. The molecule has 0 unspecified atom stereocenters. The van der Waals surface area contributed by atoms with Crippen molar-refractivity contribution in [3.05, 3.63) is 107 Å². The molecular weight excluding hydrogens is 1750 g/mol. The number of piperidine rings is 1. The lowest BCUT2D eigenvalue weighted by molar-refractivity contribution is -0.265. The molecule has 3 fully saturated rings. The van der Waals surface area contributed by atoms with E-state index in [-0.39, 0.29) is 79.1 Å². The first-order valence-corrected chi connectivity index (χ1v) is 48.9. The molecule has 10 rings (SSSR count). The number of hydrogen-bond acceptors (Lipinski definition) is 31. The van der Waals surface area contributed by atoms with Gasteiger partial charge in [-0.25, -0.2) is 19.4 Å². The van der Waals surface area contributed by atoms with E-state index >= 15 is 0 Å². The first-order chi connectivity index (χ1) is 65.5. The van der Waals surface area contributed by atoms with E-state index in [4.69, 9.17) is 87.3 Å². The van der Waals surface area contributed by atoms with Crippen molar-refractivity contribution in [2.75, 3.05) is 152 Å². The molecule has 7 heterocycles. The minimum Gasteiger partial charge on any atom is -0.460 e. The Kier molecular flexibility index (Phi) is 49.4. The average molecular weight is 1910 g/mol. The maximum Gasteiger partial charge on any atom is 0.329 e. The van der Waals surface area contributed by atoms with Gasteiger partial charge >= 0.3 is 11.9 Å². The lowest BCUT2D eigenvalue weighted by atomic mass is 9.78. The minimum absolute atomic E-state index is 0.0103. The first-order valence-electron chi connectivity index (χ1n) is 48.9. The van der Waals surface area contributed by atoms with Gasteiger partial charge in [-0.3, -0.25) is 28.8 Å². The van der Waals surface area contributed by atoms with Gasteiger partial charge in [0.2, 0.25) is 11.7 Å². The number of amides is 2. The lowest BCUT2D eigenvalue weighted by Gasteiger charge is -2.43. The van der Waals surface area contributed by atoms with Crippen molar-refractivity contribution in [3.8, 4) is 11.3 Å². The van der Waals surface area contributed by atoms with E-state index < -0.39 is 90.0 Å². The summed E-state index contributed by atoms with van der Waals surface area (Å²) in [5, 5.41) is 41.0. The predicted octanol–water partition coefficient (Wildman–Crippen LogP) is 12.4. The number of cyclic esters (lactones) is 1. The average Bonchev–Trinajstić information content (AvgIpc) is 1.59. The number of ether oxygens (including phenoxy) is 14. The Hall–Kier alpha value is -8.69. The van der Waals surface area contributed by atoms with E-state index in [1.165, 1.54) is 23.9 Å². The summed E-state index contributed by atoms with van der Waals surface area (Å²) in [7, 11) is 6.15. The number of oxazole rings is 1. The van der Waals surface area contributed by atoms with E-state index in [2.05, 4.69) is 40.1 Å². The zero-order valence-electron chi connectivity index (χ0n) is 82.9. The van der Waals surface area contributed by atoms with Crippen molar-refractivity contribution in [3.63, 3.8) is 0 Å². The number of esters is 2. The molecule has 34 nitrogen and oxygen atoms in total. The topological polar surface area (TPSA) is 438 Å². The van der Waals surface area contributed by atoms with Gasteiger partial charge in [0.1, 0.15) is 59.6 Å². The summed E-state index contributed by atoms with van der Waals surface area (Å²) in [5.74, 6) is -7.15. The van der Waals surface area contributed by atoms with E-state index in [0.717, 1.165) is 48.1 Å². The second kappa shape index (κ2) is 59.7. The standard InChI is InChI=1S/C56H89NO15.C29H32N8O4.C17H34O6/c1-34-18-13-12-14-19-35(2)46(67-9)32-42-24-22-40(7)56(65,72-42)53(62)54(63)57-26-16-15-20-43(57)55(64)71-47(33-44(58)36(3)29-39(6)51(61)52(69-11)50(60)38(5)28-34)37(4)30-41-23-25-45(48(31-41)68-10)70-49(59)21-17-27-66-8;1-2-39-11-12-40-10-8-24(38)36-9-7-19-13-18(3-4-21(19)16-36)15-37-28-25(27(30)32-17-33-28)26(35-37)20-5-6-23-22(14-20)34-29(31)41-23;1-3-8-20-13-15-23-16-14-22-10-7-17(18)6-5-9-21-12-11-19-4-2/h12-14,18-19,29,34,36-38,40-48,51-52,58,61,65H,15-17,20-28,30-33H2,1-11H3;3-6,13-14,17H,2,7-12,15-16H2,1H3,(H2,31,34)(H2,30,32,33);3-16H2,1-2H3/b14-12+,18-13+,35-19+,39-29+;;/t34-,36-,37-,38-,40-,41+,42+,43+,44-,45-,46+,47+,48-,51-,52+,56-;;/m1../s1. The molecule has 7 N–H and O–H groups in total. The van der Waals surface area contributed by atoms with Gasteiger partial charge in [-0.05, 0) is 181 Å². The summed E-state index contributed by atoms with van der Waals surface area (Å²) in [5.41, 5.74) is 20.2. The number of nitrogen functional groups attached to an aromatic ring is 2. The number of rotatable bonds is 40. The summed E-state index contributed by atoms with van der Waals surface area (Å²) in [4.78, 5) is 110. The summed E-state index contributed by atoms with van der Waals surface area (Å²) in [6, 6.07) is 10.9. The Morgan fingerprint density at radius 1 is 0.676 bits per heavy atom. The number of methoxy groups -OCH3 is 4. The minimum atomic E-state index is -2.44. The molecule has 16 atom stereocenters. The number of carbonyl (C=O) groups excluding carboxylic acids is 7. The van der Waals surface area contributed by atoms with Crippen molar-refractivity contribution in [2.45, 2.75) is 271 Å². The van der Waals surface area contributed by atoms with E-state index in [1.807, 2.05) is 99.7 Å². The lowest BCUT2D eigenvalue weighted by Crippen LogP contribution is -2.61. The highest BCUT2D eigenvalue weighted by Gasteiger charge is 2.53. The molecule has 1 aliphatic carbocycles. The van der Waals surface area contributed by atoms with Gasteiger partial charge in [0.05, 0.1) is 109 Å². The van der Waals surface area contributed by atoms with Crippen molar-refractivity contribution in [1.82, 2.24) is 34.5 Å². The Bertz CT molecular complexity index is 4630. The number of anilines is 2. The fourth-order valence-corrected chi connectivity index (χ4v) is 17.9. The van der Waals surface area contributed by atoms with Crippen LogP contribution in [0.2, 0.25) is 0 Å². The van der Waals surface area contributed by atoms with Gasteiger partial charge in [-0.2, -0.15) is 10.1 Å². The third-order valence-electron chi connectivity index (χ3n) is 25.8. The number of fused-ring (bicyclic) bond motifs is 6. The molecule has 4 aliphatic heterocycles. The van der Waals surface area contributed by atoms with Crippen molar-refractivity contribution >= 4 is 75.1 Å². The SMILES string of the molecule is CCCOCCOCCOCCC(=O)CCCOCCOCC.CCOCCOCCC(=O)N1CCc2cc(Cn3nc(-c4ccc5oc(N)nc5c4)c4c(N)ncnc43)ccc2C1.COCCCC(=O)O[C@@H]1CC[C@@H](C[C@@H](C)[C@@H]2C[C@@H](O)[C@H](C)/C=C(\C)[C@@H](O)[C@@H](OC)C(=O)[C@H](C)C[C@H](C)/C=C/C=C/C=C(\C)[C@@H](OC)C[C@@H]3CC[C@@H](C)[C@@](O)(O3)C(=O)C(=O)N3CCCC[C@H]3C(=O)O2)C[C@H]1OC. The molecule has 2 bridgehead atoms.